The van der Waals surface area contributed by atoms with Gasteiger partial charge in [0.05, 0.1) is 0 Å². The topological polar surface area (TPSA) is 12.9 Å². The quantitative estimate of drug-likeness (QED) is 0.538. The highest BCUT2D eigenvalue weighted by molar-refractivity contribution is 14.1. The summed E-state index contributed by atoms with van der Waals surface area (Å²) in [5.41, 5.74) is 0.0602. The van der Waals surface area contributed by atoms with Crippen LogP contribution in [0.4, 0.5) is 8.78 Å². The van der Waals surface area contributed by atoms with Crippen molar-refractivity contribution in [3.63, 3.8) is 0 Å². The molecule has 0 bridgehead atoms. The SMILES string of the molecule is FC(F)c1cc(I)ncc1I. The van der Waals surface area contributed by atoms with Gasteiger partial charge in [0.25, 0.3) is 6.43 Å². The van der Waals surface area contributed by atoms with Gasteiger partial charge >= 0.3 is 0 Å². The molecular weight excluding hydrogens is 378 g/mol. The molecule has 1 nitrogen and oxygen atoms in total. The molecule has 0 saturated carbocycles. The number of nitrogens with zero attached hydrogens (tertiary/aromatic N) is 1. The average molecular weight is 381 g/mol. The van der Waals surface area contributed by atoms with Gasteiger partial charge in [-0.2, -0.15) is 0 Å². The van der Waals surface area contributed by atoms with Crippen LogP contribution in [-0.2, 0) is 0 Å². The van der Waals surface area contributed by atoms with Crippen molar-refractivity contribution < 1.29 is 8.78 Å². The second-order valence-electron chi connectivity index (χ2n) is 1.83. The Balaban J connectivity index is 3.13. The van der Waals surface area contributed by atoms with Crippen molar-refractivity contribution >= 4 is 45.2 Å². The highest BCUT2D eigenvalue weighted by Gasteiger charge is 2.11. The smallest absolute Gasteiger partial charge is 0.249 e. The van der Waals surface area contributed by atoms with Crippen molar-refractivity contribution in [2.45, 2.75) is 6.43 Å². The van der Waals surface area contributed by atoms with Gasteiger partial charge in [0, 0.05) is 15.3 Å². The van der Waals surface area contributed by atoms with Gasteiger partial charge in [-0.15, -0.1) is 0 Å². The fourth-order valence-electron chi connectivity index (χ4n) is 0.595. The van der Waals surface area contributed by atoms with E-state index in [2.05, 4.69) is 4.98 Å². The molecule has 0 N–H and O–H groups in total. The van der Waals surface area contributed by atoms with E-state index in [9.17, 15) is 8.78 Å². The zero-order valence-electron chi connectivity index (χ0n) is 5.19. The van der Waals surface area contributed by atoms with Gasteiger partial charge in [-0.05, 0) is 51.2 Å². The first kappa shape index (κ1) is 9.56. The normalized spacial score (nSPS) is 10.6. The van der Waals surface area contributed by atoms with Crippen molar-refractivity contribution in [1.29, 1.82) is 0 Å². The Morgan fingerprint density at radius 2 is 2.00 bits per heavy atom. The summed E-state index contributed by atoms with van der Waals surface area (Å²) in [7, 11) is 0. The van der Waals surface area contributed by atoms with E-state index in [0.717, 1.165) is 0 Å². The van der Waals surface area contributed by atoms with Crippen LogP contribution < -0.4 is 0 Å². The van der Waals surface area contributed by atoms with Crippen LogP contribution in [0.1, 0.15) is 12.0 Å². The second-order valence-corrected chi connectivity index (χ2v) is 4.10. The molecule has 1 heterocycles. The van der Waals surface area contributed by atoms with Gasteiger partial charge in [-0.3, -0.25) is 0 Å². The lowest BCUT2D eigenvalue weighted by molar-refractivity contribution is 0.150. The van der Waals surface area contributed by atoms with E-state index < -0.39 is 6.43 Å². The molecule has 1 aromatic rings. The summed E-state index contributed by atoms with van der Waals surface area (Å²) in [6, 6.07) is 1.40. The van der Waals surface area contributed by atoms with Crippen LogP contribution in [0.25, 0.3) is 0 Å². The molecule has 0 atom stereocenters. The molecule has 0 amide bonds. The van der Waals surface area contributed by atoms with Gasteiger partial charge in [-0.1, -0.05) is 0 Å². The molecule has 60 valence electrons. The third-order valence-corrected chi connectivity index (χ3v) is 2.58. The summed E-state index contributed by atoms with van der Waals surface area (Å²) < 4.78 is 25.5. The molecule has 0 aromatic carbocycles. The molecule has 0 saturated heterocycles. The maximum Gasteiger partial charge on any atom is 0.265 e. The lowest BCUT2D eigenvalue weighted by atomic mass is 10.3. The van der Waals surface area contributed by atoms with E-state index >= 15 is 0 Å². The first-order valence-electron chi connectivity index (χ1n) is 2.70. The summed E-state index contributed by atoms with van der Waals surface area (Å²) in [5.74, 6) is 0. The van der Waals surface area contributed by atoms with Crippen LogP contribution in [0.2, 0.25) is 0 Å². The molecule has 1 rings (SSSR count). The maximum absolute atomic E-state index is 12.2. The lowest BCUT2D eigenvalue weighted by Gasteiger charge is -2.01. The van der Waals surface area contributed by atoms with Gasteiger partial charge in [0.15, 0.2) is 0 Å². The second kappa shape index (κ2) is 3.92. The lowest BCUT2D eigenvalue weighted by Crippen LogP contribution is -1.92. The molecule has 1 aromatic heterocycles. The summed E-state index contributed by atoms with van der Waals surface area (Å²) in [4.78, 5) is 3.87. The Labute approximate surface area is 89.9 Å². The Kier molecular flexibility index (Phi) is 3.41. The van der Waals surface area contributed by atoms with Gasteiger partial charge < -0.3 is 0 Å². The van der Waals surface area contributed by atoms with Crippen LogP contribution in [0.15, 0.2) is 12.3 Å². The Morgan fingerprint density at radius 3 is 2.45 bits per heavy atom. The van der Waals surface area contributed by atoms with E-state index in [1.54, 1.807) is 0 Å². The highest BCUT2D eigenvalue weighted by Crippen LogP contribution is 2.24. The average Bonchev–Trinajstić information content (AvgIpc) is 1.94. The number of halogens is 4. The summed E-state index contributed by atoms with van der Waals surface area (Å²) in [6.45, 7) is 0. The molecule has 0 spiro atoms. The third-order valence-electron chi connectivity index (χ3n) is 1.09. The number of aromatic nitrogens is 1. The van der Waals surface area contributed by atoms with Crippen molar-refractivity contribution in [3.8, 4) is 0 Å². The van der Waals surface area contributed by atoms with Crippen LogP contribution in [0.5, 0.6) is 0 Å². The minimum Gasteiger partial charge on any atom is -0.249 e. The van der Waals surface area contributed by atoms with Gasteiger partial charge in [0.1, 0.15) is 3.70 Å². The third kappa shape index (κ3) is 2.46. The molecule has 5 heteroatoms. The van der Waals surface area contributed by atoms with Crippen molar-refractivity contribution in [2.75, 3.05) is 0 Å². The Morgan fingerprint density at radius 1 is 1.36 bits per heavy atom. The van der Waals surface area contributed by atoms with Gasteiger partial charge in [0.2, 0.25) is 0 Å². The highest BCUT2D eigenvalue weighted by atomic mass is 127. The fourth-order valence-corrected chi connectivity index (χ4v) is 1.60. The van der Waals surface area contributed by atoms with E-state index in [0.29, 0.717) is 7.27 Å². The molecule has 11 heavy (non-hydrogen) atoms. The summed E-state index contributed by atoms with van der Waals surface area (Å²) in [6.07, 6.45) is -0.956. The maximum atomic E-state index is 12.2. The van der Waals surface area contributed by atoms with Crippen LogP contribution in [-0.4, -0.2) is 4.98 Å². The largest absolute Gasteiger partial charge is 0.265 e. The predicted octanol–water partition coefficient (Wildman–Crippen LogP) is 3.23. The zero-order valence-corrected chi connectivity index (χ0v) is 9.51. The minimum absolute atomic E-state index is 0.0602. The van der Waals surface area contributed by atoms with E-state index in [1.807, 2.05) is 45.2 Å². The molecule has 0 aliphatic rings. The predicted molar refractivity (Wildman–Crippen MR) is 54.6 cm³/mol. The standard InChI is InChI=1S/C6H3F2I2N/c7-6(8)3-1-5(10)11-2-4(3)9/h1-2,6H. The van der Waals surface area contributed by atoms with Crippen LogP contribution in [0, 0.1) is 7.27 Å². The van der Waals surface area contributed by atoms with Crippen molar-refractivity contribution in [3.05, 3.63) is 25.1 Å². The minimum atomic E-state index is -2.40. The molecule has 0 unspecified atom stereocenters. The number of rotatable bonds is 1. The van der Waals surface area contributed by atoms with Crippen LogP contribution >= 0.6 is 45.2 Å². The molecule has 0 aliphatic carbocycles. The van der Waals surface area contributed by atoms with Crippen molar-refractivity contribution in [1.82, 2.24) is 4.98 Å². The number of pyridine rings is 1. The van der Waals surface area contributed by atoms with E-state index in [1.165, 1.54) is 12.3 Å². The fraction of sp³-hybridized carbons (Fsp3) is 0.167. The number of alkyl halides is 2. The number of hydrogen-bond acceptors (Lipinski definition) is 1. The first-order chi connectivity index (χ1) is 5.11. The van der Waals surface area contributed by atoms with Crippen molar-refractivity contribution in [2.24, 2.45) is 0 Å². The summed E-state index contributed by atoms with van der Waals surface area (Å²) in [5, 5.41) is 0. The van der Waals surface area contributed by atoms with Gasteiger partial charge in [-0.25, -0.2) is 13.8 Å². The number of hydrogen-bond donors (Lipinski definition) is 0. The molecular formula is C6H3F2I2N. The Bertz CT molecular complexity index is 265. The Hall–Kier alpha value is 0.470. The van der Waals surface area contributed by atoms with E-state index in [-0.39, 0.29) is 5.56 Å². The van der Waals surface area contributed by atoms with E-state index in [4.69, 9.17) is 0 Å². The molecule has 0 radical (unpaired) electrons. The molecule has 0 fully saturated rings. The summed E-state index contributed by atoms with van der Waals surface area (Å²) >= 11 is 3.75. The molecule has 0 aliphatic heterocycles. The monoisotopic (exact) mass is 381 g/mol. The first-order valence-corrected chi connectivity index (χ1v) is 4.86. The van der Waals surface area contributed by atoms with Crippen LogP contribution in [0.3, 0.4) is 0 Å². The zero-order chi connectivity index (χ0) is 8.43.